The van der Waals surface area contributed by atoms with Gasteiger partial charge in [0.25, 0.3) is 0 Å². The second-order valence-corrected chi connectivity index (χ2v) is 6.82. The summed E-state index contributed by atoms with van der Waals surface area (Å²) in [6.07, 6.45) is 0.685. The fraction of sp³-hybridized carbons (Fsp3) is 0.400. The van der Waals surface area contributed by atoms with Gasteiger partial charge >= 0.3 is 5.97 Å². The van der Waals surface area contributed by atoms with E-state index >= 15 is 0 Å². The van der Waals surface area contributed by atoms with Crippen molar-refractivity contribution in [3.8, 4) is 11.6 Å². The lowest BCUT2D eigenvalue weighted by Crippen LogP contribution is -2.24. The number of carbonyl (C=O) groups is 1. The average Bonchev–Trinajstić information content (AvgIpc) is 2.61. The molecule has 6 nitrogen and oxygen atoms in total. The van der Waals surface area contributed by atoms with Gasteiger partial charge in [-0.3, -0.25) is 0 Å². The van der Waals surface area contributed by atoms with Crippen LogP contribution in [0.1, 0.15) is 40.5 Å². The zero-order valence-corrected chi connectivity index (χ0v) is 17.0. The van der Waals surface area contributed by atoms with E-state index in [9.17, 15) is 9.90 Å². The molecular weight excluding hydrogens is 368 g/mol. The monoisotopic (exact) mass is 392 g/mol. The second-order valence-electron chi connectivity index (χ2n) is 6.39. The van der Waals surface area contributed by atoms with Crippen molar-refractivity contribution in [2.24, 2.45) is 0 Å². The minimum absolute atomic E-state index is 0.0654. The predicted molar refractivity (Wildman–Crippen MR) is 106 cm³/mol. The first-order valence-corrected chi connectivity index (χ1v) is 9.10. The molecule has 1 aromatic heterocycles. The molecule has 2 rings (SSSR count). The van der Waals surface area contributed by atoms with Crippen molar-refractivity contribution in [3.63, 3.8) is 0 Å². The standard InChI is InChI=1S/C20H25ClN2O4/c1-6-15(10-24)23-16-9-13(4)22-19(17(16)20(25)26-5)27-18-11(2)7-14(21)8-12(18)3/h7-9,15,24H,6,10H2,1-5H3,(H,22,23)/t15-/m1/s1. The van der Waals surface area contributed by atoms with E-state index < -0.39 is 5.97 Å². The van der Waals surface area contributed by atoms with Crippen LogP contribution in [0.15, 0.2) is 18.2 Å². The Bertz CT molecular complexity index is 812. The molecule has 146 valence electrons. The van der Waals surface area contributed by atoms with Gasteiger partial charge in [-0.1, -0.05) is 18.5 Å². The Hall–Kier alpha value is -2.31. The number of nitrogens with zero attached hydrogens (tertiary/aromatic N) is 1. The maximum absolute atomic E-state index is 12.5. The second kappa shape index (κ2) is 9.06. The molecular formula is C20H25ClN2O4. The summed E-state index contributed by atoms with van der Waals surface area (Å²) in [5, 5.41) is 13.3. The number of benzene rings is 1. The molecule has 27 heavy (non-hydrogen) atoms. The van der Waals surface area contributed by atoms with Gasteiger partial charge in [0.05, 0.1) is 19.4 Å². The summed E-state index contributed by atoms with van der Waals surface area (Å²) in [5.41, 5.74) is 3.02. The number of pyridine rings is 1. The molecule has 0 saturated heterocycles. The largest absolute Gasteiger partial charge is 0.465 e. The molecule has 0 spiro atoms. The number of esters is 1. The molecule has 0 saturated carbocycles. The van der Waals surface area contributed by atoms with Crippen molar-refractivity contribution in [1.29, 1.82) is 0 Å². The van der Waals surface area contributed by atoms with Crippen LogP contribution < -0.4 is 10.1 Å². The summed E-state index contributed by atoms with van der Waals surface area (Å²) < 4.78 is 11.0. The molecule has 1 heterocycles. The van der Waals surface area contributed by atoms with Crippen LogP contribution in [0.5, 0.6) is 11.6 Å². The van der Waals surface area contributed by atoms with Gasteiger partial charge in [-0.2, -0.15) is 0 Å². The van der Waals surface area contributed by atoms with Gasteiger partial charge < -0.3 is 19.9 Å². The van der Waals surface area contributed by atoms with Gasteiger partial charge in [-0.15, -0.1) is 0 Å². The van der Waals surface area contributed by atoms with Crippen molar-refractivity contribution >= 4 is 23.3 Å². The normalized spacial score (nSPS) is 11.8. The highest BCUT2D eigenvalue weighted by Crippen LogP contribution is 2.35. The molecule has 0 aliphatic carbocycles. The Morgan fingerprint density at radius 3 is 2.41 bits per heavy atom. The van der Waals surface area contributed by atoms with Crippen LogP contribution in [0.3, 0.4) is 0 Å². The van der Waals surface area contributed by atoms with E-state index in [2.05, 4.69) is 10.3 Å². The van der Waals surface area contributed by atoms with Gasteiger partial charge in [0.1, 0.15) is 11.3 Å². The van der Waals surface area contributed by atoms with Gasteiger partial charge in [0.2, 0.25) is 5.88 Å². The average molecular weight is 393 g/mol. The molecule has 1 aromatic carbocycles. The van der Waals surface area contributed by atoms with Crippen LogP contribution in [0, 0.1) is 20.8 Å². The number of aliphatic hydroxyl groups is 1. The Balaban J connectivity index is 2.58. The minimum Gasteiger partial charge on any atom is -0.465 e. The van der Waals surface area contributed by atoms with Crippen molar-refractivity contribution in [1.82, 2.24) is 4.98 Å². The van der Waals surface area contributed by atoms with Gasteiger partial charge in [0, 0.05) is 16.8 Å². The third-order valence-corrected chi connectivity index (χ3v) is 4.42. The zero-order chi connectivity index (χ0) is 20.1. The number of hydrogen-bond acceptors (Lipinski definition) is 6. The highest BCUT2D eigenvalue weighted by atomic mass is 35.5. The molecule has 0 fully saturated rings. The lowest BCUT2D eigenvalue weighted by molar-refractivity contribution is 0.0598. The van der Waals surface area contributed by atoms with Crippen LogP contribution in [-0.4, -0.2) is 35.8 Å². The summed E-state index contributed by atoms with van der Waals surface area (Å²) in [6, 6.07) is 5.10. The van der Waals surface area contributed by atoms with Crippen molar-refractivity contribution in [2.75, 3.05) is 19.0 Å². The van der Waals surface area contributed by atoms with Crippen molar-refractivity contribution in [2.45, 2.75) is 40.2 Å². The first-order valence-electron chi connectivity index (χ1n) is 8.72. The predicted octanol–water partition coefficient (Wildman–Crippen LogP) is 4.42. The summed E-state index contributed by atoms with van der Waals surface area (Å²) in [4.78, 5) is 16.9. The molecule has 0 aliphatic rings. The van der Waals surface area contributed by atoms with Crippen molar-refractivity contribution < 1.29 is 19.4 Å². The SMILES string of the molecule is CC[C@H](CO)Nc1cc(C)nc(Oc2c(C)cc(Cl)cc2C)c1C(=O)OC. The molecule has 0 bridgehead atoms. The molecule has 0 aliphatic heterocycles. The molecule has 7 heteroatoms. The highest BCUT2D eigenvalue weighted by molar-refractivity contribution is 6.30. The number of aromatic nitrogens is 1. The third kappa shape index (κ3) is 4.90. The fourth-order valence-corrected chi connectivity index (χ4v) is 3.11. The number of methoxy groups -OCH3 is 1. The molecule has 2 N–H and O–H groups in total. The number of aliphatic hydroxyl groups excluding tert-OH is 1. The summed E-state index contributed by atoms with van der Waals surface area (Å²) in [6.45, 7) is 7.43. The zero-order valence-electron chi connectivity index (χ0n) is 16.2. The lowest BCUT2D eigenvalue weighted by Gasteiger charge is -2.20. The van der Waals surface area contributed by atoms with E-state index in [0.717, 1.165) is 11.1 Å². The molecule has 0 amide bonds. The summed E-state index contributed by atoms with van der Waals surface area (Å²) >= 11 is 6.09. The molecule has 0 radical (unpaired) electrons. The van der Waals surface area contributed by atoms with Crippen LogP contribution >= 0.6 is 11.6 Å². The smallest absolute Gasteiger partial charge is 0.345 e. The number of ether oxygens (including phenoxy) is 2. The maximum Gasteiger partial charge on any atom is 0.345 e. The Kier molecular flexibility index (Phi) is 7.05. The minimum atomic E-state index is -0.572. The Morgan fingerprint density at radius 1 is 1.26 bits per heavy atom. The quantitative estimate of drug-likeness (QED) is 0.679. The van der Waals surface area contributed by atoms with Crippen LogP contribution in [0.25, 0.3) is 0 Å². The summed E-state index contributed by atoms with van der Waals surface area (Å²) in [5.74, 6) is 0.158. The molecule has 2 aromatic rings. The topological polar surface area (TPSA) is 80.7 Å². The number of anilines is 1. The number of rotatable bonds is 7. The number of carbonyl (C=O) groups excluding carboxylic acids is 1. The van der Waals surface area contributed by atoms with Gasteiger partial charge in [0.15, 0.2) is 0 Å². The van der Waals surface area contributed by atoms with Crippen LogP contribution in [-0.2, 0) is 4.74 Å². The Morgan fingerprint density at radius 2 is 1.89 bits per heavy atom. The number of hydrogen-bond donors (Lipinski definition) is 2. The van der Waals surface area contributed by atoms with Crippen molar-refractivity contribution in [3.05, 3.63) is 45.6 Å². The van der Waals surface area contributed by atoms with E-state index in [1.54, 1.807) is 25.1 Å². The number of halogens is 1. The van der Waals surface area contributed by atoms with E-state index in [1.807, 2.05) is 20.8 Å². The highest BCUT2D eigenvalue weighted by Gasteiger charge is 2.24. The lowest BCUT2D eigenvalue weighted by atomic mass is 10.1. The van der Waals surface area contributed by atoms with Gasteiger partial charge in [-0.05, 0) is 56.5 Å². The van der Waals surface area contributed by atoms with E-state index in [-0.39, 0.29) is 24.1 Å². The number of nitrogens with one attached hydrogen (secondary N) is 1. The third-order valence-electron chi connectivity index (χ3n) is 4.20. The van der Waals surface area contributed by atoms with E-state index in [0.29, 0.717) is 28.6 Å². The maximum atomic E-state index is 12.5. The first kappa shape index (κ1) is 21.0. The van der Waals surface area contributed by atoms with E-state index in [4.69, 9.17) is 21.1 Å². The summed E-state index contributed by atoms with van der Waals surface area (Å²) in [7, 11) is 1.30. The number of aryl methyl sites for hydroxylation is 3. The van der Waals surface area contributed by atoms with Crippen LogP contribution in [0.4, 0.5) is 5.69 Å². The van der Waals surface area contributed by atoms with E-state index in [1.165, 1.54) is 7.11 Å². The first-order chi connectivity index (χ1) is 12.8. The molecule has 1 atom stereocenters. The fourth-order valence-electron chi connectivity index (χ4n) is 2.78. The molecule has 0 unspecified atom stereocenters. The Labute approximate surface area is 164 Å². The van der Waals surface area contributed by atoms with Gasteiger partial charge in [-0.25, -0.2) is 9.78 Å². The van der Waals surface area contributed by atoms with Crippen LogP contribution in [0.2, 0.25) is 5.02 Å².